The fourth-order valence-corrected chi connectivity index (χ4v) is 6.05. The summed E-state index contributed by atoms with van der Waals surface area (Å²) < 4.78 is 34.7. The lowest BCUT2D eigenvalue weighted by atomic mass is 10.1. The summed E-state index contributed by atoms with van der Waals surface area (Å²) >= 11 is 12.5. The van der Waals surface area contributed by atoms with Crippen LogP contribution >= 0.6 is 23.2 Å². The van der Waals surface area contributed by atoms with Gasteiger partial charge in [-0.2, -0.15) is 0 Å². The highest BCUT2D eigenvalue weighted by Gasteiger charge is 2.34. The number of nitrogens with one attached hydrogen (secondary N) is 1. The molecule has 3 aromatic rings. The molecule has 0 aromatic heterocycles. The highest BCUT2D eigenvalue weighted by Crippen LogP contribution is 2.34. The Morgan fingerprint density at radius 1 is 0.927 bits per heavy atom. The van der Waals surface area contributed by atoms with Crippen LogP contribution in [-0.4, -0.2) is 50.9 Å². The van der Waals surface area contributed by atoms with E-state index in [9.17, 15) is 18.0 Å². The third-order valence-electron chi connectivity index (χ3n) is 6.44. The molecule has 0 saturated carbocycles. The second-order valence-electron chi connectivity index (χ2n) is 10.1. The Labute approximate surface area is 252 Å². The number of carbonyl (C=O) groups is 2. The number of methoxy groups -OCH3 is 1. The molecule has 0 spiro atoms. The number of hydrogen-bond acceptors (Lipinski definition) is 5. The van der Waals surface area contributed by atoms with Crippen molar-refractivity contribution in [3.63, 3.8) is 0 Å². The number of rotatable bonds is 11. The van der Waals surface area contributed by atoms with E-state index in [1.165, 1.54) is 24.1 Å². The molecule has 3 rings (SSSR count). The number of nitrogens with zero attached hydrogens (tertiary/aromatic N) is 2. The van der Waals surface area contributed by atoms with Crippen LogP contribution in [0.4, 0.5) is 5.69 Å². The minimum absolute atomic E-state index is 0.0114. The molecule has 1 atom stereocenters. The summed E-state index contributed by atoms with van der Waals surface area (Å²) in [5.41, 5.74) is 2.41. The molecule has 0 fully saturated rings. The van der Waals surface area contributed by atoms with Gasteiger partial charge in [0.1, 0.15) is 18.3 Å². The normalized spacial score (nSPS) is 12.1. The van der Waals surface area contributed by atoms with Crippen molar-refractivity contribution in [2.75, 3.05) is 18.0 Å². The zero-order chi connectivity index (χ0) is 30.5. The summed E-state index contributed by atoms with van der Waals surface area (Å²) in [6, 6.07) is 15.2. The maximum Gasteiger partial charge on any atom is 0.264 e. The number of halogens is 2. The molecule has 0 aliphatic heterocycles. The van der Waals surface area contributed by atoms with E-state index in [-0.39, 0.29) is 34.8 Å². The fourth-order valence-electron chi connectivity index (χ4n) is 4.17. The monoisotopic (exact) mass is 619 g/mol. The molecule has 3 aromatic carbocycles. The van der Waals surface area contributed by atoms with Crippen LogP contribution in [0.1, 0.15) is 37.5 Å². The summed E-state index contributed by atoms with van der Waals surface area (Å²) in [6.45, 7) is 8.23. The molecular formula is C30H35Cl2N3O5S. The molecule has 0 aliphatic carbocycles. The van der Waals surface area contributed by atoms with E-state index >= 15 is 0 Å². The number of carbonyl (C=O) groups excluding carboxylic acids is 2. The average Bonchev–Trinajstić information content (AvgIpc) is 2.90. The van der Waals surface area contributed by atoms with E-state index in [1.54, 1.807) is 55.5 Å². The van der Waals surface area contributed by atoms with Crippen molar-refractivity contribution < 1.29 is 22.7 Å². The lowest BCUT2D eigenvalue weighted by Crippen LogP contribution is -2.52. The molecule has 41 heavy (non-hydrogen) atoms. The highest BCUT2D eigenvalue weighted by atomic mass is 35.5. The molecule has 1 unspecified atom stereocenters. The molecule has 0 bridgehead atoms. The van der Waals surface area contributed by atoms with Crippen LogP contribution in [0.3, 0.4) is 0 Å². The largest absolute Gasteiger partial charge is 0.495 e. The van der Waals surface area contributed by atoms with Gasteiger partial charge in [0.15, 0.2) is 0 Å². The predicted molar refractivity (Wildman–Crippen MR) is 163 cm³/mol. The predicted octanol–water partition coefficient (Wildman–Crippen LogP) is 5.76. The Bertz CT molecular complexity index is 1510. The SMILES string of the molecule is COc1ccc(C)cc1N(CC(=O)N(Cc1ccc(Cl)cc1Cl)C(C)C(=O)NC(C)C)S(=O)(=O)c1ccc(C)cc1. The molecule has 0 heterocycles. The number of anilines is 1. The van der Waals surface area contributed by atoms with Crippen molar-refractivity contribution in [2.24, 2.45) is 0 Å². The second-order valence-corrected chi connectivity index (χ2v) is 12.8. The Hall–Kier alpha value is -3.27. The standard InChI is InChI=1S/C30H35Cl2N3O5S/c1-19(2)33-30(37)22(5)34(17-23-10-11-24(31)16-26(23)32)29(36)18-35(27-15-21(4)9-14-28(27)40-6)41(38,39)25-12-7-20(3)8-13-25/h7-16,19,22H,17-18H2,1-6H3,(H,33,37). The molecule has 220 valence electrons. The highest BCUT2D eigenvalue weighted by molar-refractivity contribution is 7.92. The van der Waals surface area contributed by atoms with Crippen molar-refractivity contribution in [3.05, 3.63) is 87.4 Å². The van der Waals surface area contributed by atoms with Crippen molar-refractivity contribution in [2.45, 2.75) is 58.1 Å². The quantitative estimate of drug-likeness (QED) is 0.294. The van der Waals surface area contributed by atoms with Crippen LogP contribution in [-0.2, 0) is 26.2 Å². The topological polar surface area (TPSA) is 96.0 Å². The Kier molecular flexibility index (Phi) is 10.7. The average molecular weight is 621 g/mol. The van der Waals surface area contributed by atoms with Crippen LogP contribution in [0.2, 0.25) is 10.0 Å². The zero-order valence-corrected chi connectivity index (χ0v) is 26.3. The van der Waals surface area contributed by atoms with Crippen LogP contribution in [0, 0.1) is 13.8 Å². The van der Waals surface area contributed by atoms with Gasteiger partial charge in [-0.05, 0) is 82.1 Å². The van der Waals surface area contributed by atoms with Gasteiger partial charge in [-0.25, -0.2) is 8.42 Å². The van der Waals surface area contributed by atoms with Crippen LogP contribution in [0.15, 0.2) is 65.6 Å². The minimum Gasteiger partial charge on any atom is -0.495 e. The third-order valence-corrected chi connectivity index (χ3v) is 8.81. The molecule has 2 amide bonds. The second kappa shape index (κ2) is 13.6. The number of hydrogen-bond donors (Lipinski definition) is 1. The van der Waals surface area contributed by atoms with Gasteiger partial charge >= 0.3 is 0 Å². The van der Waals surface area contributed by atoms with Gasteiger partial charge in [0.25, 0.3) is 10.0 Å². The number of amides is 2. The van der Waals surface area contributed by atoms with Crippen molar-refractivity contribution in [1.82, 2.24) is 10.2 Å². The van der Waals surface area contributed by atoms with Gasteiger partial charge in [-0.1, -0.05) is 53.0 Å². The summed E-state index contributed by atoms with van der Waals surface area (Å²) in [5, 5.41) is 3.56. The molecule has 0 aliphatic rings. The van der Waals surface area contributed by atoms with Gasteiger partial charge in [0.2, 0.25) is 11.8 Å². The van der Waals surface area contributed by atoms with Crippen molar-refractivity contribution in [1.29, 1.82) is 0 Å². The maximum absolute atomic E-state index is 14.1. The summed E-state index contributed by atoms with van der Waals surface area (Å²) in [4.78, 5) is 28.5. The van der Waals surface area contributed by atoms with Gasteiger partial charge in [0, 0.05) is 22.6 Å². The van der Waals surface area contributed by atoms with E-state index in [2.05, 4.69) is 5.32 Å². The van der Waals surface area contributed by atoms with E-state index in [1.807, 2.05) is 27.7 Å². The van der Waals surface area contributed by atoms with E-state index in [0.717, 1.165) is 15.4 Å². The van der Waals surface area contributed by atoms with E-state index in [0.29, 0.717) is 15.6 Å². The van der Waals surface area contributed by atoms with Crippen molar-refractivity contribution in [3.8, 4) is 5.75 Å². The first-order valence-electron chi connectivity index (χ1n) is 13.0. The van der Waals surface area contributed by atoms with Gasteiger partial charge in [0.05, 0.1) is 17.7 Å². The van der Waals surface area contributed by atoms with Crippen LogP contribution in [0.25, 0.3) is 0 Å². The van der Waals surface area contributed by atoms with Gasteiger partial charge in [-0.15, -0.1) is 0 Å². The number of ether oxygens (including phenoxy) is 1. The maximum atomic E-state index is 14.1. The molecule has 1 N–H and O–H groups in total. The number of sulfonamides is 1. The first-order chi connectivity index (χ1) is 19.2. The Morgan fingerprint density at radius 3 is 2.15 bits per heavy atom. The minimum atomic E-state index is -4.24. The Balaban J connectivity index is 2.12. The number of aryl methyl sites for hydroxylation is 2. The molecule has 11 heteroatoms. The molecule has 8 nitrogen and oxygen atoms in total. The van der Waals surface area contributed by atoms with E-state index < -0.39 is 28.5 Å². The van der Waals surface area contributed by atoms with Gasteiger partial charge in [-0.3, -0.25) is 13.9 Å². The first kappa shape index (κ1) is 32.2. The summed E-state index contributed by atoms with van der Waals surface area (Å²) in [7, 11) is -2.81. The smallest absolute Gasteiger partial charge is 0.264 e. The Morgan fingerprint density at radius 2 is 1.56 bits per heavy atom. The van der Waals surface area contributed by atoms with Crippen LogP contribution in [0.5, 0.6) is 5.75 Å². The molecular weight excluding hydrogens is 585 g/mol. The first-order valence-corrected chi connectivity index (χ1v) is 15.2. The fraction of sp³-hybridized carbons (Fsp3) is 0.333. The molecule has 0 radical (unpaired) electrons. The third kappa shape index (κ3) is 7.93. The van der Waals surface area contributed by atoms with Crippen LogP contribution < -0.4 is 14.4 Å². The van der Waals surface area contributed by atoms with E-state index in [4.69, 9.17) is 27.9 Å². The zero-order valence-electron chi connectivity index (χ0n) is 23.9. The summed E-state index contributed by atoms with van der Waals surface area (Å²) in [5.74, 6) is -0.724. The van der Waals surface area contributed by atoms with Crippen molar-refractivity contribution >= 4 is 50.7 Å². The van der Waals surface area contributed by atoms with Gasteiger partial charge < -0.3 is 15.0 Å². The lowest BCUT2D eigenvalue weighted by molar-refractivity contribution is -0.139. The number of benzene rings is 3. The lowest BCUT2D eigenvalue weighted by Gasteiger charge is -2.33. The molecule has 0 saturated heterocycles. The summed E-state index contributed by atoms with van der Waals surface area (Å²) in [6.07, 6.45) is 0.